The average molecular weight is 292 g/mol. The number of sulfonamides is 1. The molecular weight excluding hydrogens is 272 g/mol. The van der Waals surface area contributed by atoms with Crippen LogP contribution in [0.2, 0.25) is 0 Å². The number of carboxylic acid groups (broad SMARTS) is 1. The Labute approximate surface area is 113 Å². The molecule has 0 aromatic heterocycles. The summed E-state index contributed by atoms with van der Waals surface area (Å²) in [5.74, 6) is -1.35. The Kier molecular flexibility index (Phi) is 4.44. The minimum atomic E-state index is -3.83. The maximum atomic E-state index is 11.7. The summed E-state index contributed by atoms with van der Waals surface area (Å²) in [4.78, 5) is 13.0. The summed E-state index contributed by atoms with van der Waals surface area (Å²) < 4.78 is 31.3. The van der Waals surface area contributed by atoms with Gasteiger partial charge in [0.05, 0.1) is 12.7 Å². The van der Waals surface area contributed by atoms with E-state index in [4.69, 9.17) is 9.84 Å². The Bertz CT molecular complexity index is 438. The molecule has 0 spiro atoms. The third-order valence-corrected chi connectivity index (χ3v) is 5.49. The van der Waals surface area contributed by atoms with Crippen LogP contribution in [-0.4, -0.2) is 68.0 Å². The zero-order valence-electron chi connectivity index (χ0n) is 10.9. The molecular formula is C11H20N2O5S. The number of carbonyl (C=O) groups is 1. The molecule has 7 nitrogen and oxygen atoms in total. The first kappa shape index (κ1) is 14.7. The molecule has 3 atom stereocenters. The van der Waals surface area contributed by atoms with Gasteiger partial charge in [0.25, 0.3) is 0 Å². The minimum Gasteiger partial charge on any atom is -0.480 e. The van der Waals surface area contributed by atoms with Crippen LogP contribution in [0.15, 0.2) is 0 Å². The average Bonchev–Trinajstić information content (AvgIpc) is 2.82. The van der Waals surface area contributed by atoms with E-state index < -0.39 is 21.2 Å². The molecule has 2 N–H and O–H groups in total. The van der Waals surface area contributed by atoms with E-state index in [1.807, 2.05) is 0 Å². The maximum Gasteiger partial charge on any atom is 0.323 e. The third-order valence-electron chi connectivity index (χ3n) is 3.79. The van der Waals surface area contributed by atoms with Crippen molar-refractivity contribution in [2.24, 2.45) is 0 Å². The molecule has 19 heavy (non-hydrogen) atoms. The van der Waals surface area contributed by atoms with E-state index in [1.54, 1.807) is 0 Å². The molecule has 0 radical (unpaired) electrons. The molecule has 0 amide bonds. The Morgan fingerprint density at radius 1 is 1.58 bits per heavy atom. The summed E-state index contributed by atoms with van der Waals surface area (Å²) in [6, 6.07) is 0.464. The van der Waals surface area contributed by atoms with Gasteiger partial charge in [0.15, 0.2) is 5.25 Å². The summed E-state index contributed by atoms with van der Waals surface area (Å²) in [6.45, 7) is 3.64. The van der Waals surface area contributed by atoms with E-state index in [2.05, 4.69) is 9.62 Å². The van der Waals surface area contributed by atoms with Gasteiger partial charge in [-0.3, -0.25) is 9.69 Å². The van der Waals surface area contributed by atoms with Gasteiger partial charge in [-0.15, -0.1) is 0 Å². The molecule has 2 fully saturated rings. The van der Waals surface area contributed by atoms with Crippen LogP contribution < -0.4 is 4.72 Å². The van der Waals surface area contributed by atoms with Gasteiger partial charge in [0.2, 0.25) is 10.0 Å². The number of morpholine rings is 1. The highest BCUT2D eigenvalue weighted by molar-refractivity contribution is 7.90. The van der Waals surface area contributed by atoms with E-state index in [0.29, 0.717) is 19.2 Å². The molecule has 2 rings (SSSR count). The largest absolute Gasteiger partial charge is 0.480 e. The molecule has 110 valence electrons. The highest BCUT2D eigenvalue weighted by atomic mass is 32.2. The minimum absolute atomic E-state index is 0.128. The lowest BCUT2D eigenvalue weighted by Gasteiger charge is -2.35. The number of fused-ring (bicyclic) bond motifs is 1. The Hall–Kier alpha value is -0.700. The van der Waals surface area contributed by atoms with Crippen molar-refractivity contribution in [1.29, 1.82) is 0 Å². The quantitative estimate of drug-likeness (QED) is 0.691. The van der Waals surface area contributed by atoms with Crippen molar-refractivity contribution in [2.45, 2.75) is 37.2 Å². The molecule has 2 heterocycles. The van der Waals surface area contributed by atoms with Gasteiger partial charge < -0.3 is 9.84 Å². The van der Waals surface area contributed by atoms with Gasteiger partial charge in [-0.05, 0) is 26.3 Å². The molecule has 2 saturated heterocycles. The molecule has 0 aliphatic carbocycles. The first-order valence-electron chi connectivity index (χ1n) is 6.47. The first-order chi connectivity index (χ1) is 8.90. The third kappa shape index (κ3) is 3.44. The fraction of sp³-hybridized carbons (Fsp3) is 0.909. The Morgan fingerprint density at radius 2 is 2.32 bits per heavy atom. The number of ether oxygens (including phenoxy) is 1. The molecule has 0 bridgehead atoms. The van der Waals surface area contributed by atoms with Crippen molar-refractivity contribution in [3.05, 3.63) is 0 Å². The van der Waals surface area contributed by atoms with Gasteiger partial charge in [0.1, 0.15) is 0 Å². The zero-order chi connectivity index (χ0) is 14.0. The number of nitrogens with zero attached hydrogens (tertiary/aromatic N) is 1. The fourth-order valence-electron chi connectivity index (χ4n) is 2.48. The lowest BCUT2D eigenvalue weighted by molar-refractivity contribution is -0.136. The molecule has 0 saturated carbocycles. The van der Waals surface area contributed by atoms with E-state index in [-0.39, 0.29) is 12.6 Å². The molecule has 3 unspecified atom stereocenters. The van der Waals surface area contributed by atoms with Crippen molar-refractivity contribution >= 4 is 16.0 Å². The highest BCUT2D eigenvalue weighted by Gasteiger charge is 2.34. The van der Waals surface area contributed by atoms with Crippen LogP contribution in [0.4, 0.5) is 0 Å². The van der Waals surface area contributed by atoms with Crippen molar-refractivity contribution in [3.63, 3.8) is 0 Å². The maximum absolute atomic E-state index is 11.7. The summed E-state index contributed by atoms with van der Waals surface area (Å²) in [5, 5.41) is 7.27. The van der Waals surface area contributed by atoms with Crippen LogP contribution in [0.1, 0.15) is 19.8 Å². The Balaban J connectivity index is 1.84. The van der Waals surface area contributed by atoms with Crippen LogP contribution in [0.5, 0.6) is 0 Å². The lowest BCUT2D eigenvalue weighted by Crippen LogP contribution is -2.51. The molecule has 2 aliphatic heterocycles. The number of hydrogen-bond acceptors (Lipinski definition) is 5. The summed E-state index contributed by atoms with van der Waals surface area (Å²) >= 11 is 0. The smallest absolute Gasteiger partial charge is 0.323 e. The monoisotopic (exact) mass is 292 g/mol. The second kappa shape index (κ2) is 5.74. The first-order valence-corrected chi connectivity index (χ1v) is 8.01. The van der Waals surface area contributed by atoms with E-state index in [9.17, 15) is 13.2 Å². The van der Waals surface area contributed by atoms with Crippen molar-refractivity contribution in [1.82, 2.24) is 9.62 Å². The van der Waals surface area contributed by atoms with E-state index in [1.165, 1.54) is 0 Å². The number of rotatable bonds is 5. The topological polar surface area (TPSA) is 95.9 Å². The number of aliphatic carboxylic acids is 1. The SMILES string of the molecule is CC(C(=O)O)S(=O)(=O)NCC1CN2CCCC2CO1. The van der Waals surface area contributed by atoms with Crippen LogP contribution in [0.25, 0.3) is 0 Å². The standard InChI is InChI=1S/C11H20N2O5S/c1-8(11(14)15)19(16,17)12-5-10-6-13-4-2-3-9(13)7-18-10/h8-10,12H,2-7H2,1H3,(H,14,15). The van der Waals surface area contributed by atoms with Gasteiger partial charge in [-0.25, -0.2) is 13.1 Å². The van der Waals surface area contributed by atoms with Crippen molar-refractivity contribution in [3.8, 4) is 0 Å². The van der Waals surface area contributed by atoms with Gasteiger partial charge in [-0.2, -0.15) is 0 Å². The normalized spacial score (nSPS) is 29.9. The predicted octanol–water partition coefficient (Wildman–Crippen LogP) is -0.758. The van der Waals surface area contributed by atoms with Gasteiger partial charge >= 0.3 is 5.97 Å². The second-order valence-corrected chi connectivity index (χ2v) is 7.21. The second-order valence-electron chi connectivity index (χ2n) is 5.12. The van der Waals surface area contributed by atoms with Crippen LogP contribution in [0, 0.1) is 0 Å². The summed E-state index contributed by atoms with van der Waals surface area (Å²) in [5.41, 5.74) is 0. The fourth-order valence-corrected chi connectivity index (χ4v) is 3.41. The molecule has 0 aromatic carbocycles. The molecule has 8 heteroatoms. The van der Waals surface area contributed by atoms with Crippen molar-refractivity contribution in [2.75, 3.05) is 26.2 Å². The summed E-state index contributed by atoms with van der Waals surface area (Å²) in [6.07, 6.45) is 2.09. The van der Waals surface area contributed by atoms with E-state index >= 15 is 0 Å². The van der Waals surface area contributed by atoms with E-state index in [0.717, 1.165) is 26.3 Å². The highest BCUT2D eigenvalue weighted by Crippen LogP contribution is 2.22. The summed E-state index contributed by atoms with van der Waals surface area (Å²) in [7, 11) is -3.83. The van der Waals surface area contributed by atoms with Crippen LogP contribution >= 0.6 is 0 Å². The molecule has 0 aromatic rings. The predicted molar refractivity (Wildman–Crippen MR) is 68.4 cm³/mol. The van der Waals surface area contributed by atoms with Gasteiger partial charge in [0, 0.05) is 19.1 Å². The number of hydrogen-bond donors (Lipinski definition) is 2. The van der Waals surface area contributed by atoms with Crippen LogP contribution in [-0.2, 0) is 19.6 Å². The Morgan fingerprint density at radius 3 is 3.00 bits per heavy atom. The molecule has 2 aliphatic rings. The zero-order valence-corrected chi connectivity index (χ0v) is 11.7. The lowest BCUT2D eigenvalue weighted by atomic mass is 10.2. The van der Waals surface area contributed by atoms with Crippen LogP contribution in [0.3, 0.4) is 0 Å². The van der Waals surface area contributed by atoms with Gasteiger partial charge in [-0.1, -0.05) is 0 Å². The van der Waals surface area contributed by atoms with Crippen molar-refractivity contribution < 1.29 is 23.1 Å². The number of nitrogens with one attached hydrogen (secondary N) is 1. The number of carboxylic acids is 1.